The maximum absolute atomic E-state index is 6.08. The fourth-order valence-electron chi connectivity index (χ4n) is 3.04. The zero-order valence-corrected chi connectivity index (χ0v) is 13.2. The zero-order chi connectivity index (χ0) is 15.5. The summed E-state index contributed by atoms with van der Waals surface area (Å²) in [6, 6.07) is 2.70. The molecule has 0 unspecified atom stereocenters. The first kappa shape index (κ1) is 14.7. The predicted octanol–water partition coefficient (Wildman–Crippen LogP) is 1.64. The SMILES string of the molecule is c1cc(CNCc2nccn2C2CC2)c(O[C@H]2CCNC2)cn1. The fraction of sp³-hybridized carbons (Fsp3) is 0.529. The lowest BCUT2D eigenvalue weighted by Gasteiger charge is -2.16. The van der Waals surface area contributed by atoms with Gasteiger partial charge < -0.3 is 19.9 Å². The summed E-state index contributed by atoms with van der Waals surface area (Å²) < 4.78 is 8.37. The lowest BCUT2D eigenvalue weighted by molar-refractivity contribution is 0.219. The average molecular weight is 313 g/mol. The van der Waals surface area contributed by atoms with Crippen LogP contribution in [0.5, 0.6) is 5.75 Å². The number of hydrogen-bond acceptors (Lipinski definition) is 5. The fourth-order valence-corrected chi connectivity index (χ4v) is 3.04. The maximum atomic E-state index is 6.08. The van der Waals surface area contributed by atoms with E-state index in [2.05, 4.69) is 31.4 Å². The van der Waals surface area contributed by atoms with Gasteiger partial charge in [0.1, 0.15) is 17.7 Å². The summed E-state index contributed by atoms with van der Waals surface area (Å²) in [6.45, 7) is 3.48. The molecule has 2 aromatic heterocycles. The van der Waals surface area contributed by atoms with Crippen molar-refractivity contribution in [3.8, 4) is 5.75 Å². The van der Waals surface area contributed by atoms with Gasteiger partial charge in [0.15, 0.2) is 0 Å². The van der Waals surface area contributed by atoms with Crippen LogP contribution in [0.3, 0.4) is 0 Å². The Hall–Kier alpha value is -1.92. The Labute approximate surface area is 136 Å². The number of hydrogen-bond donors (Lipinski definition) is 2. The number of nitrogens with zero attached hydrogens (tertiary/aromatic N) is 3. The Kier molecular flexibility index (Phi) is 4.26. The van der Waals surface area contributed by atoms with E-state index >= 15 is 0 Å². The van der Waals surface area contributed by atoms with Gasteiger partial charge in [-0.1, -0.05) is 0 Å². The molecule has 0 radical (unpaired) electrons. The Balaban J connectivity index is 1.35. The smallest absolute Gasteiger partial charge is 0.142 e. The third-order valence-electron chi connectivity index (χ3n) is 4.47. The van der Waals surface area contributed by atoms with Crippen LogP contribution in [-0.4, -0.2) is 33.7 Å². The van der Waals surface area contributed by atoms with Crippen molar-refractivity contribution in [3.63, 3.8) is 0 Å². The molecular weight excluding hydrogens is 290 g/mol. The third-order valence-corrected chi connectivity index (χ3v) is 4.47. The van der Waals surface area contributed by atoms with Gasteiger partial charge in [-0.2, -0.15) is 0 Å². The molecule has 1 saturated carbocycles. The van der Waals surface area contributed by atoms with E-state index in [1.165, 1.54) is 12.8 Å². The summed E-state index contributed by atoms with van der Waals surface area (Å²) in [5.74, 6) is 2.00. The number of pyridine rings is 1. The molecular formula is C17H23N5O. The van der Waals surface area contributed by atoms with Crippen LogP contribution in [0, 0.1) is 0 Å². The average Bonchev–Trinajstić information content (AvgIpc) is 3.08. The summed E-state index contributed by atoms with van der Waals surface area (Å²) in [6.07, 6.45) is 11.5. The van der Waals surface area contributed by atoms with Gasteiger partial charge >= 0.3 is 0 Å². The van der Waals surface area contributed by atoms with E-state index in [1.54, 1.807) is 0 Å². The van der Waals surface area contributed by atoms with Crippen molar-refractivity contribution in [2.24, 2.45) is 0 Å². The molecule has 3 heterocycles. The van der Waals surface area contributed by atoms with Gasteiger partial charge in [-0.25, -0.2) is 4.98 Å². The highest BCUT2D eigenvalue weighted by Crippen LogP contribution is 2.35. The van der Waals surface area contributed by atoms with E-state index in [-0.39, 0.29) is 6.10 Å². The summed E-state index contributed by atoms with van der Waals surface area (Å²) in [5, 5.41) is 6.81. The molecule has 23 heavy (non-hydrogen) atoms. The Morgan fingerprint density at radius 2 is 2.22 bits per heavy atom. The first-order valence-corrected chi connectivity index (χ1v) is 8.43. The molecule has 0 bridgehead atoms. The van der Waals surface area contributed by atoms with Crippen molar-refractivity contribution >= 4 is 0 Å². The summed E-state index contributed by atoms with van der Waals surface area (Å²) in [7, 11) is 0. The standard InChI is InChI=1S/C17H23N5O/c1-2-14(1)22-8-7-21-17(22)12-20-9-13-3-5-19-11-16(13)23-15-4-6-18-10-15/h3,5,7-8,11,14-15,18,20H,1-2,4,6,9-10,12H2/t15-/m0/s1. The summed E-state index contributed by atoms with van der Waals surface area (Å²) in [5.41, 5.74) is 1.15. The van der Waals surface area contributed by atoms with Crippen molar-refractivity contribution < 1.29 is 4.74 Å². The zero-order valence-electron chi connectivity index (χ0n) is 13.2. The second kappa shape index (κ2) is 6.68. The second-order valence-corrected chi connectivity index (χ2v) is 6.30. The number of rotatable bonds is 7. The highest BCUT2D eigenvalue weighted by atomic mass is 16.5. The highest BCUT2D eigenvalue weighted by Gasteiger charge is 2.25. The first-order valence-electron chi connectivity index (χ1n) is 8.43. The van der Waals surface area contributed by atoms with Gasteiger partial charge in [0.25, 0.3) is 0 Å². The molecule has 122 valence electrons. The van der Waals surface area contributed by atoms with Gasteiger partial charge in [-0.05, 0) is 31.9 Å². The molecule has 1 aliphatic carbocycles. The topological polar surface area (TPSA) is 64.0 Å². The van der Waals surface area contributed by atoms with Crippen molar-refractivity contribution in [1.82, 2.24) is 25.2 Å². The molecule has 6 heteroatoms. The number of nitrogens with one attached hydrogen (secondary N) is 2. The lowest BCUT2D eigenvalue weighted by atomic mass is 10.2. The van der Waals surface area contributed by atoms with Gasteiger partial charge in [-0.3, -0.25) is 4.98 Å². The van der Waals surface area contributed by atoms with Crippen LogP contribution in [0.2, 0.25) is 0 Å². The molecule has 4 rings (SSSR count). The van der Waals surface area contributed by atoms with Crippen molar-refractivity contribution in [3.05, 3.63) is 42.2 Å². The summed E-state index contributed by atoms with van der Waals surface area (Å²) >= 11 is 0. The molecule has 2 aliphatic rings. The minimum Gasteiger partial charge on any atom is -0.487 e. The normalized spacial score (nSPS) is 20.8. The van der Waals surface area contributed by atoms with E-state index in [4.69, 9.17) is 4.74 Å². The third kappa shape index (κ3) is 3.54. The van der Waals surface area contributed by atoms with Crippen LogP contribution in [0.25, 0.3) is 0 Å². The predicted molar refractivity (Wildman–Crippen MR) is 87.2 cm³/mol. The van der Waals surface area contributed by atoms with Crippen LogP contribution in [-0.2, 0) is 13.1 Å². The number of imidazole rings is 1. The minimum atomic E-state index is 0.256. The van der Waals surface area contributed by atoms with Crippen LogP contribution in [0.15, 0.2) is 30.9 Å². The monoisotopic (exact) mass is 313 g/mol. The van der Waals surface area contributed by atoms with Crippen LogP contribution < -0.4 is 15.4 Å². The molecule has 2 aromatic rings. The highest BCUT2D eigenvalue weighted by molar-refractivity contribution is 5.30. The molecule has 0 amide bonds. The van der Waals surface area contributed by atoms with Crippen LogP contribution in [0.1, 0.15) is 36.7 Å². The first-order chi connectivity index (χ1) is 11.4. The van der Waals surface area contributed by atoms with Crippen LogP contribution >= 0.6 is 0 Å². The lowest BCUT2D eigenvalue weighted by Crippen LogP contribution is -2.21. The van der Waals surface area contributed by atoms with E-state index in [0.29, 0.717) is 6.04 Å². The van der Waals surface area contributed by atoms with Crippen molar-refractivity contribution in [1.29, 1.82) is 0 Å². The Morgan fingerprint density at radius 1 is 1.26 bits per heavy atom. The molecule has 2 N–H and O–H groups in total. The van der Waals surface area contributed by atoms with E-state index in [9.17, 15) is 0 Å². The second-order valence-electron chi connectivity index (χ2n) is 6.30. The molecule has 2 fully saturated rings. The largest absolute Gasteiger partial charge is 0.487 e. The van der Waals surface area contributed by atoms with Crippen molar-refractivity contribution in [2.75, 3.05) is 13.1 Å². The van der Waals surface area contributed by atoms with Crippen molar-refractivity contribution in [2.45, 2.75) is 44.5 Å². The molecule has 1 atom stereocenters. The number of ether oxygens (including phenoxy) is 1. The maximum Gasteiger partial charge on any atom is 0.142 e. The molecule has 1 aliphatic heterocycles. The minimum absolute atomic E-state index is 0.256. The van der Waals surface area contributed by atoms with E-state index in [1.807, 2.05) is 24.7 Å². The Bertz CT molecular complexity index is 646. The molecule has 0 spiro atoms. The molecule has 0 aromatic carbocycles. The molecule has 1 saturated heterocycles. The number of aromatic nitrogens is 3. The van der Waals surface area contributed by atoms with E-state index in [0.717, 1.165) is 49.7 Å². The van der Waals surface area contributed by atoms with E-state index < -0.39 is 0 Å². The van der Waals surface area contributed by atoms with Crippen LogP contribution in [0.4, 0.5) is 0 Å². The molecule has 6 nitrogen and oxygen atoms in total. The van der Waals surface area contributed by atoms with Gasteiger partial charge in [-0.15, -0.1) is 0 Å². The Morgan fingerprint density at radius 3 is 3.04 bits per heavy atom. The van der Waals surface area contributed by atoms with Gasteiger partial charge in [0.2, 0.25) is 0 Å². The van der Waals surface area contributed by atoms with Gasteiger partial charge in [0.05, 0.1) is 12.7 Å². The summed E-state index contributed by atoms with van der Waals surface area (Å²) in [4.78, 5) is 8.66. The van der Waals surface area contributed by atoms with Gasteiger partial charge in [0, 0.05) is 43.3 Å². The quantitative estimate of drug-likeness (QED) is 0.814.